The molecule has 1 fully saturated rings. The fourth-order valence-corrected chi connectivity index (χ4v) is 4.48. The topological polar surface area (TPSA) is 66.4 Å². The number of rotatable bonds is 2. The van der Waals surface area contributed by atoms with Crippen LogP contribution >= 0.6 is 11.8 Å². The van der Waals surface area contributed by atoms with Crippen LogP contribution < -0.4 is 10.6 Å². The van der Waals surface area contributed by atoms with Crippen LogP contribution in [0.25, 0.3) is 0 Å². The lowest BCUT2D eigenvalue weighted by atomic mass is 9.82. The van der Waals surface area contributed by atoms with Crippen LogP contribution in [0.4, 0.5) is 0 Å². The van der Waals surface area contributed by atoms with E-state index in [0.29, 0.717) is 16.6 Å². The first-order valence-corrected chi connectivity index (χ1v) is 8.97. The van der Waals surface area contributed by atoms with E-state index in [0.717, 1.165) is 24.4 Å². The molecule has 2 unspecified atom stereocenters. The lowest BCUT2D eigenvalue weighted by Gasteiger charge is -2.35. The van der Waals surface area contributed by atoms with Crippen LogP contribution in [-0.4, -0.2) is 34.9 Å². The number of pyridine rings is 1. The monoisotopic (exact) mass is 338 g/mol. The fraction of sp³-hybridized carbons (Fsp3) is 0.278. The third-order valence-corrected chi connectivity index (χ3v) is 5.66. The fourth-order valence-electron chi connectivity index (χ4n) is 3.34. The van der Waals surface area contributed by atoms with E-state index in [9.17, 15) is 4.79 Å². The number of hydrogen-bond acceptors (Lipinski definition) is 5. The number of amidine groups is 1. The smallest absolute Gasteiger partial charge is 0.257 e. The van der Waals surface area contributed by atoms with Crippen LogP contribution in [0.2, 0.25) is 0 Å². The van der Waals surface area contributed by atoms with Gasteiger partial charge in [0, 0.05) is 42.7 Å². The summed E-state index contributed by atoms with van der Waals surface area (Å²) in [6.07, 6.45) is 3.61. The Balaban J connectivity index is 1.64. The van der Waals surface area contributed by atoms with Crippen LogP contribution in [0.5, 0.6) is 0 Å². The second kappa shape index (κ2) is 6.37. The molecule has 1 aromatic heterocycles. The molecule has 122 valence electrons. The first-order valence-electron chi connectivity index (χ1n) is 7.98. The van der Waals surface area contributed by atoms with Gasteiger partial charge in [0.25, 0.3) is 5.91 Å². The Hall–Kier alpha value is -2.18. The number of nitrogens with one attached hydrogen (secondary N) is 2. The zero-order valence-corrected chi connectivity index (χ0v) is 13.9. The van der Waals surface area contributed by atoms with Gasteiger partial charge in [-0.1, -0.05) is 30.0 Å². The summed E-state index contributed by atoms with van der Waals surface area (Å²) in [6.45, 7) is 1.73. The van der Waals surface area contributed by atoms with Crippen molar-refractivity contribution in [3.05, 3.63) is 66.0 Å². The highest BCUT2D eigenvalue weighted by Gasteiger charge is 2.47. The Labute approximate surface area is 145 Å². The van der Waals surface area contributed by atoms with Gasteiger partial charge in [0.1, 0.15) is 5.54 Å². The molecule has 4 rings (SSSR count). The third-order valence-electron chi connectivity index (χ3n) is 4.62. The molecule has 5 nitrogen and oxygen atoms in total. The number of thioether (sulfide) groups is 1. The maximum atomic E-state index is 12.4. The standard InChI is InChI=1S/C18H18N4OS/c23-16(13-4-2-1-3-5-13)21-17-22-18(14-6-8-19-9-7-14)12-20-10-15(18)11-24-17/h1-9,15,20H,10-12H2,(H,21,22,23). The number of amides is 1. The molecule has 1 amide bonds. The van der Waals surface area contributed by atoms with E-state index < -0.39 is 0 Å². The Bertz CT molecular complexity index is 765. The molecule has 2 aromatic rings. The minimum absolute atomic E-state index is 0.115. The van der Waals surface area contributed by atoms with E-state index in [1.807, 2.05) is 42.5 Å². The van der Waals surface area contributed by atoms with E-state index in [2.05, 4.69) is 15.6 Å². The summed E-state index contributed by atoms with van der Waals surface area (Å²) in [7, 11) is 0. The summed E-state index contributed by atoms with van der Waals surface area (Å²) in [5.74, 6) is 1.24. The summed E-state index contributed by atoms with van der Waals surface area (Å²) in [4.78, 5) is 21.5. The van der Waals surface area contributed by atoms with Crippen molar-refractivity contribution in [2.45, 2.75) is 5.54 Å². The first kappa shape index (κ1) is 15.4. The molecule has 24 heavy (non-hydrogen) atoms. The van der Waals surface area contributed by atoms with Crippen LogP contribution in [0.15, 0.2) is 59.9 Å². The average molecular weight is 338 g/mol. The molecule has 3 heterocycles. The van der Waals surface area contributed by atoms with Crippen molar-refractivity contribution in [2.75, 3.05) is 18.8 Å². The van der Waals surface area contributed by atoms with Gasteiger partial charge in [-0.2, -0.15) is 0 Å². The van der Waals surface area contributed by atoms with E-state index >= 15 is 0 Å². The molecule has 1 aromatic carbocycles. The minimum Gasteiger partial charge on any atom is -0.314 e. The van der Waals surface area contributed by atoms with Gasteiger partial charge in [0.2, 0.25) is 0 Å². The van der Waals surface area contributed by atoms with Crippen LogP contribution in [0.1, 0.15) is 15.9 Å². The van der Waals surface area contributed by atoms with E-state index in [1.165, 1.54) is 0 Å². The summed E-state index contributed by atoms with van der Waals surface area (Å²) in [6, 6.07) is 13.3. The number of carbonyl (C=O) groups excluding carboxylic acids is 1. The number of benzene rings is 1. The number of aromatic nitrogens is 1. The van der Waals surface area contributed by atoms with Gasteiger partial charge in [-0.25, -0.2) is 4.99 Å². The van der Waals surface area contributed by atoms with Gasteiger partial charge >= 0.3 is 0 Å². The number of nitrogens with zero attached hydrogens (tertiary/aromatic N) is 2. The lowest BCUT2D eigenvalue weighted by molar-refractivity contribution is 0.0977. The molecule has 0 radical (unpaired) electrons. The van der Waals surface area contributed by atoms with E-state index in [1.54, 1.807) is 24.2 Å². The van der Waals surface area contributed by atoms with Crippen molar-refractivity contribution < 1.29 is 4.79 Å². The summed E-state index contributed by atoms with van der Waals surface area (Å²) < 4.78 is 0. The minimum atomic E-state index is -0.312. The Morgan fingerprint density at radius 3 is 2.79 bits per heavy atom. The van der Waals surface area contributed by atoms with Crippen LogP contribution in [0.3, 0.4) is 0 Å². The maximum Gasteiger partial charge on any atom is 0.257 e. The van der Waals surface area contributed by atoms with Gasteiger partial charge in [-0.05, 0) is 29.8 Å². The molecule has 2 aliphatic heterocycles. The average Bonchev–Trinajstić information content (AvgIpc) is 3.07. The van der Waals surface area contributed by atoms with E-state index in [4.69, 9.17) is 4.99 Å². The molecular weight excluding hydrogens is 320 g/mol. The summed E-state index contributed by atoms with van der Waals surface area (Å²) in [5, 5.41) is 7.12. The van der Waals surface area contributed by atoms with Crippen molar-refractivity contribution >= 4 is 22.8 Å². The van der Waals surface area contributed by atoms with Crippen molar-refractivity contribution in [1.82, 2.24) is 15.6 Å². The number of aliphatic imine (C=N–C) groups is 1. The third kappa shape index (κ3) is 2.72. The van der Waals surface area contributed by atoms with Crippen molar-refractivity contribution in [1.29, 1.82) is 0 Å². The van der Waals surface area contributed by atoms with Crippen LogP contribution in [-0.2, 0) is 5.54 Å². The lowest BCUT2D eigenvalue weighted by Crippen LogP contribution is -2.42. The molecule has 0 bridgehead atoms. The molecular formula is C18H18N4OS. The largest absolute Gasteiger partial charge is 0.314 e. The molecule has 0 aliphatic carbocycles. The summed E-state index contributed by atoms with van der Waals surface area (Å²) >= 11 is 1.62. The number of hydrogen-bond donors (Lipinski definition) is 2. The quantitative estimate of drug-likeness (QED) is 0.879. The predicted octanol–water partition coefficient (Wildman–Crippen LogP) is 2.03. The second-order valence-corrected chi connectivity index (χ2v) is 7.04. The Morgan fingerprint density at radius 2 is 2.00 bits per heavy atom. The highest BCUT2D eigenvalue weighted by atomic mass is 32.2. The highest BCUT2D eigenvalue weighted by molar-refractivity contribution is 8.13. The van der Waals surface area contributed by atoms with Crippen molar-refractivity contribution in [3.8, 4) is 0 Å². The second-order valence-electron chi connectivity index (χ2n) is 6.04. The highest BCUT2D eigenvalue weighted by Crippen LogP contribution is 2.42. The molecule has 2 aliphatic rings. The molecule has 1 saturated heterocycles. The van der Waals surface area contributed by atoms with Gasteiger partial charge in [-0.15, -0.1) is 0 Å². The molecule has 6 heteroatoms. The molecule has 2 atom stereocenters. The van der Waals surface area contributed by atoms with Crippen molar-refractivity contribution in [2.24, 2.45) is 10.9 Å². The predicted molar refractivity (Wildman–Crippen MR) is 96.1 cm³/mol. The van der Waals surface area contributed by atoms with Crippen LogP contribution in [0, 0.1) is 5.92 Å². The summed E-state index contributed by atoms with van der Waals surface area (Å²) in [5.41, 5.74) is 1.48. The van der Waals surface area contributed by atoms with E-state index in [-0.39, 0.29) is 11.4 Å². The zero-order chi connectivity index (χ0) is 16.4. The van der Waals surface area contributed by atoms with Gasteiger partial charge in [-0.3, -0.25) is 9.78 Å². The molecule has 0 saturated carbocycles. The van der Waals surface area contributed by atoms with Gasteiger partial charge < -0.3 is 10.6 Å². The Morgan fingerprint density at radius 1 is 1.21 bits per heavy atom. The number of fused-ring (bicyclic) bond motifs is 1. The van der Waals surface area contributed by atoms with Gasteiger partial charge in [0.15, 0.2) is 5.17 Å². The van der Waals surface area contributed by atoms with Gasteiger partial charge in [0.05, 0.1) is 0 Å². The molecule has 0 spiro atoms. The maximum absolute atomic E-state index is 12.4. The Kier molecular flexibility index (Phi) is 4.08. The first-order chi connectivity index (χ1) is 11.8. The molecule has 2 N–H and O–H groups in total. The normalized spacial score (nSPS) is 25.7. The zero-order valence-electron chi connectivity index (χ0n) is 13.1. The number of carbonyl (C=O) groups is 1. The van der Waals surface area contributed by atoms with Crippen molar-refractivity contribution in [3.63, 3.8) is 0 Å². The SMILES string of the molecule is O=C(NC1=NC2(c3ccncc3)CNCC2CS1)c1ccccc1.